The van der Waals surface area contributed by atoms with E-state index in [0.717, 1.165) is 10.4 Å². The number of nitriles is 1. The standard InChI is InChI=1S/C22H25N3O4S/c1-13-14(2)30-21(19(13)12-23)24-20(26)15-5-7-25(8-6-15)22(27)16-9-17(28-3)11-18(10-16)29-4/h9-11,15H,5-8H2,1-4H3,(H,24,26). The number of aryl methyl sites for hydroxylation is 1. The third-order valence-corrected chi connectivity index (χ3v) is 6.61. The van der Waals surface area contributed by atoms with E-state index in [4.69, 9.17) is 9.47 Å². The van der Waals surface area contributed by atoms with E-state index in [1.807, 2.05) is 13.8 Å². The summed E-state index contributed by atoms with van der Waals surface area (Å²) in [6, 6.07) is 7.27. The molecule has 1 aromatic heterocycles. The van der Waals surface area contributed by atoms with Gasteiger partial charge in [-0.3, -0.25) is 9.59 Å². The van der Waals surface area contributed by atoms with E-state index in [1.165, 1.54) is 11.3 Å². The Hall–Kier alpha value is -3.05. The zero-order valence-corrected chi connectivity index (χ0v) is 18.4. The van der Waals surface area contributed by atoms with Gasteiger partial charge in [-0.25, -0.2) is 0 Å². The molecule has 1 aliphatic heterocycles. The predicted octanol–water partition coefficient (Wildman–Crippen LogP) is 3.74. The molecule has 0 spiro atoms. The zero-order valence-electron chi connectivity index (χ0n) is 17.6. The van der Waals surface area contributed by atoms with Gasteiger partial charge < -0.3 is 19.7 Å². The molecular formula is C22H25N3O4S. The Bertz CT molecular complexity index is 978. The molecule has 0 radical (unpaired) electrons. The van der Waals surface area contributed by atoms with Gasteiger partial charge in [0.25, 0.3) is 5.91 Å². The molecule has 0 saturated carbocycles. The number of hydrogen-bond acceptors (Lipinski definition) is 6. The number of hydrogen-bond donors (Lipinski definition) is 1. The number of thiophene rings is 1. The number of amides is 2. The van der Waals surface area contributed by atoms with Gasteiger partial charge in [0.2, 0.25) is 5.91 Å². The minimum atomic E-state index is -0.192. The lowest BCUT2D eigenvalue weighted by molar-refractivity contribution is -0.121. The largest absolute Gasteiger partial charge is 0.497 e. The van der Waals surface area contributed by atoms with Crippen LogP contribution in [0.15, 0.2) is 18.2 Å². The Morgan fingerprint density at radius 3 is 2.27 bits per heavy atom. The Balaban J connectivity index is 1.63. The number of piperidine rings is 1. The van der Waals surface area contributed by atoms with Gasteiger partial charge in [0.05, 0.1) is 19.8 Å². The first-order valence-electron chi connectivity index (χ1n) is 9.71. The number of methoxy groups -OCH3 is 2. The molecule has 2 amide bonds. The molecule has 8 heteroatoms. The van der Waals surface area contributed by atoms with Crippen molar-refractivity contribution in [1.82, 2.24) is 4.90 Å². The third kappa shape index (κ3) is 4.41. The van der Waals surface area contributed by atoms with Crippen LogP contribution >= 0.6 is 11.3 Å². The molecule has 158 valence electrons. The molecule has 1 aliphatic rings. The minimum Gasteiger partial charge on any atom is -0.497 e. The van der Waals surface area contributed by atoms with Crippen LogP contribution in [0, 0.1) is 31.1 Å². The molecular weight excluding hydrogens is 402 g/mol. The molecule has 0 atom stereocenters. The van der Waals surface area contributed by atoms with Crippen LogP contribution in [0.4, 0.5) is 5.00 Å². The molecule has 1 aromatic carbocycles. The SMILES string of the molecule is COc1cc(OC)cc(C(=O)N2CCC(C(=O)Nc3sc(C)c(C)c3C#N)CC2)c1. The monoisotopic (exact) mass is 427 g/mol. The van der Waals surface area contributed by atoms with Gasteiger partial charge in [-0.15, -0.1) is 11.3 Å². The lowest BCUT2D eigenvalue weighted by Crippen LogP contribution is -2.41. The Morgan fingerprint density at radius 2 is 1.73 bits per heavy atom. The molecule has 2 aromatic rings. The first-order chi connectivity index (χ1) is 14.4. The lowest BCUT2D eigenvalue weighted by Gasteiger charge is -2.31. The van der Waals surface area contributed by atoms with Gasteiger partial charge in [-0.1, -0.05) is 0 Å². The molecule has 2 heterocycles. The maximum atomic E-state index is 12.9. The van der Waals surface area contributed by atoms with Crippen molar-refractivity contribution in [3.8, 4) is 17.6 Å². The van der Waals surface area contributed by atoms with Crippen molar-refractivity contribution < 1.29 is 19.1 Å². The van der Waals surface area contributed by atoms with Crippen molar-refractivity contribution >= 4 is 28.2 Å². The van der Waals surface area contributed by atoms with Crippen LogP contribution < -0.4 is 14.8 Å². The Morgan fingerprint density at radius 1 is 1.13 bits per heavy atom. The number of anilines is 1. The summed E-state index contributed by atoms with van der Waals surface area (Å²) >= 11 is 1.42. The van der Waals surface area contributed by atoms with Crippen molar-refractivity contribution in [3.05, 3.63) is 39.8 Å². The number of benzene rings is 1. The van der Waals surface area contributed by atoms with Crippen LogP contribution in [0.3, 0.4) is 0 Å². The van der Waals surface area contributed by atoms with Gasteiger partial charge in [0.1, 0.15) is 22.6 Å². The fourth-order valence-corrected chi connectivity index (χ4v) is 4.54. The van der Waals surface area contributed by atoms with Crippen molar-refractivity contribution in [2.24, 2.45) is 5.92 Å². The fraction of sp³-hybridized carbons (Fsp3) is 0.409. The van der Waals surface area contributed by atoms with E-state index in [9.17, 15) is 14.9 Å². The van der Waals surface area contributed by atoms with E-state index in [1.54, 1.807) is 37.3 Å². The van der Waals surface area contributed by atoms with Gasteiger partial charge in [-0.2, -0.15) is 5.26 Å². The lowest BCUT2D eigenvalue weighted by atomic mass is 9.95. The molecule has 0 bridgehead atoms. The van der Waals surface area contributed by atoms with Crippen LogP contribution in [0.2, 0.25) is 0 Å². The highest BCUT2D eigenvalue weighted by Crippen LogP contribution is 2.33. The topological polar surface area (TPSA) is 91.7 Å². The van der Waals surface area contributed by atoms with Gasteiger partial charge in [0, 0.05) is 35.5 Å². The van der Waals surface area contributed by atoms with E-state index in [-0.39, 0.29) is 17.7 Å². The average molecular weight is 428 g/mol. The number of likely N-dealkylation sites (tertiary alicyclic amines) is 1. The predicted molar refractivity (Wildman–Crippen MR) is 115 cm³/mol. The van der Waals surface area contributed by atoms with Gasteiger partial charge >= 0.3 is 0 Å². The smallest absolute Gasteiger partial charge is 0.254 e. The summed E-state index contributed by atoms with van der Waals surface area (Å²) in [5.41, 5.74) is 1.94. The molecule has 0 unspecified atom stereocenters. The van der Waals surface area contributed by atoms with Crippen molar-refractivity contribution in [2.75, 3.05) is 32.6 Å². The van der Waals surface area contributed by atoms with Crippen LogP contribution in [0.25, 0.3) is 0 Å². The quantitative estimate of drug-likeness (QED) is 0.785. The van der Waals surface area contributed by atoms with E-state index in [0.29, 0.717) is 53.6 Å². The molecule has 30 heavy (non-hydrogen) atoms. The highest BCUT2D eigenvalue weighted by Gasteiger charge is 2.29. The second-order valence-corrected chi connectivity index (χ2v) is 8.48. The summed E-state index contributed by atoms with van der Waals surface area (Å²) in [5, 5.41) is 12.9. The fourth-order valence-electron chi connectivity index (χ4n) is 3.52. The molecule has 1 N–H and O–H groups in total. The van der Waals surface area contributed by atoms with Crippen molar-refractivity contribution in [2.45, 2.75) is 26.7 Å². The van der Waals surface area contributed by atoms with E-state index < -0.39 is 0 Å². The maximum Gasteiger partial charge on any atom is 0.254 e. The first-order valence-corrected chi connectivity index (χ1v) is 10.5. The number of rotatable bonds is 5. The van der Waals surface area contributed by atoms with Crippen molar-refractivity contribution in [3.63, 3.8) is 0 Å². The van der Waals surface area contributed by atoms with Crippen LogP contribution in [-0.2, 0) is 4.79 Å². The number of nitrogens with zero attached hydrogens (tertiary/aromatic N) is 2. The van der Waals surface area contributed by atoms with Crippen LogP contribution in [0.5, 0.6) is 11.5 Å². The van der Waals surface area contributed by atoms with E-state index in [2.05, 4.69) is 11.4 Å². The summed E-state index contributed by atoms with van der Waals surface area (Å²) < 4.78 is 10.5. The van der Waals surface area contributed by atoms with Crippen LogP contribution in [-0.4, -0.2) is 44.0 Å². The second-order valence-electron chi connectivity index (χ2n) is 7.26. The van der Waals surface area contributed by atoms with Crippen molar-refractivity contribution in [1.29, 1.82) is 5.26 Å². The normalized spacial score (nSPS) is 14.2. The molecule has 1 fully saturated rings. The number of carbonyl (C=O) groups is 2. The van der Waals surface area contributed by atoms with Gasteiger partial charge in [-0.05, 0) is 44.4 Å². The summed E-state index contributed by atoms with van der Waals surface area (Å²) in [5.74, 6) is 0.719. The summed E-state index contributed by atoms with van der Waals surface area (Å²) in [7, 11) is 3.09. The molecule has 7 nitrogen and oxygen atoms in total. The Kier molecular flexibility index (Phi) is 6.63. The summed E-state index contributed by atoms with van der Waals surface area (Å²) in [6.45, 7) is 4.81. The average Bonchev–Trinajstić information content (AvgIpc) is 3.04. The highest BCUT2D eigenvalue weighted by molar-refractivity contribution is 7.16. The summed E-state index contributed by atoms with van der Waals surface area (Å²) in [6.07, 6.45) is 1.15. The van der Waals surface area contributed by atoms with E-state index >= 15 is 0 Å². The van der Waals surface area contributed by atoms with Gasteiger partial charge in [0.15, 0.2) is 0 Å². The summed E-state index contributed by atoms with van der Waals surface area (Å²) in [4.78, 5) is 28.4. The number of ether oxygens (including phenoxy) is 2. The molecule has 1 saturated heterocycles. The van der Waals surface area contributed by atoms with Crippen LogP contribution in [0.1, 0.15) is 39.2 Å². The third-order valence-electron chi connectivity index (χ3n) is 5.49. The highest BCUT2D eigenvalue weighted by atomic mass is 32.1. The molecule has 0 aliphatic carbocycles. The zero-order chi connectivity index (χ0) is 21.8. The second kappa shape index (κ2) is 9.18. The number of nitrogens with one attached hydrogen (secondary N) is 1. The first kappa shape index (κ1) is 21.7. The maximum absolute atomic E-state index is 12.9. The Labute approximate surface area is 180 Å². The minimum absolute atomic E-state index is 0.0945. The molecule has 3 rings (SSSR count). The number of carbonyl (C=O) groups excluding carboxylic acids is 2.